The van der Waals surface area contributed by atoms with Crippen molar-refractivity contribution in [2.45, 2.75) is 0 Å². The molecule has 8 aromatic rings. The molecule has 0 aliphatic carbocycles. The number of nitrogens with one attached hydrogen (secondary N) is 1. The highest BCUT2D eigenvalue weighted by Gasteiger charge is 2.14. The molecule has 168 valence electrons. The highest BCUT2D eigenvalue weighted by Crippen LogP contribution is 2.41. The number of rotatable bonds is 2. The van der Waals surface area contributed by atoms with Crippen molar-refractivity contribution in [1.82, 2.24) is 4.98 Å². The molecule has 8 rings (SSSR count). The number of hydrogen-bond acceptors (Lipinski definition) is 1. The zero-order valence-electron chi connectivity index (χ0n) is 19.5. The van der Waals surface area contributed by atoms with Gasteiger partial charge in [0.05, 0.1) is 11.0 Å². The molecule has 0 fully saturated rings. The molecule has 0 aliphatic rings. The summed E-state index contributed by atoms with van der Waals surface area (Å²) in [5.41, 5.74) is 7.41. The van der Waals surface area contributed by atoms with E-state index >= 15 is 0 Å². The second-order valence-electron chi connectivity index (χ2n) is 9.42. The van der Waals surface area contributed by atoms with Gasteiger partial charge < -0.3 is 4.98 Å². The second-order valence-corrected chi connectivity index (χ2v) is 10.5. The van der Waals surface area contributed by atoms with E-state index in [1.165, 1.54) is 75.0 Å². The van der Waals surface area contributed by atoms with Gasteiger partial charge in [0.1, 0.15) is 0 Å². The molecule has 0 aliphatic heterocycles. The number of hydrogen-bond donors (Lipinski definition) is 1. The summed E-state index contributed by atoms with van der Waals surface area (Å²) in [5.74, 6) is 0. The molecule has 1 N–H and O–H groups in total. The van der Waals surface area contributed by atoms with Crippen molar-refractivity contribution in [3.8, 4) is 22.3 Å². The van der Waals surface area contributed by atoms with Gasteiger partial charge in [-0.1, -0.05) is 103 Å². The van der Waals surface area contributed by atoms with Gasteiger partial charge in [0.25, 0.3) is 0 Å². The van der Waals surface area contributed by atoms with Crippen LogP contribution in [0.25, 0.3) is 75.0 Å². The zero-order chi connectivity index (χ0) is 23.6. The maximum absolute atomic E-state index is 3.80. The average molecular weight is 476 g/mol. The number of H-pyrrole nitrogens is 1. The number of para-hydroxylation sites is 1. The molecule has 2 heterocycles. The van der Waals surface area contributed by atoms with Crippen LogP contribution in [-0.2, 0) is 0 Å². The molecular formula is C34H21NS. The third-order valence-electron chi connectivity index (χ3n) is 7.42. The van der Waals surface area contributed by atoms with Crippen molar-refractivity contribution >= 4 is 64.1 Å². The van der Waals surface area contributed by atoms with E-state index in [9.17, 15) is 0 Å². The van der Waals surface area contributed by atoms with Crippen molar-refractivity contribution < 1.29 is 0 Å². The molecule has 0 saturated carbocycles. The normalized spacial score (nSPS) is 11.9. The minimum absolute atomic E-state index is 1.19. The van der Waals surface area contributed by atoms with E-state index in [0.717, 1.165) is 0 Å². The summed E-state index contributed by atoms with van der Waals surface area (Å²) in [6, 6.07) is 44.2. The largest absolute Gasteiger partial charge is 0.353 e. The molecule has 0 unspecified atom stereocenters. The van der Waals surface area contributed by atoms with Gasteiger partial charge >= 0.3 is 0 Å². The lowest BCUT2D eigenvalue weighted by atomic mass is 9.95. The van der Waals surface area contributed by atoms with Crippen LogP contribution in [-0.4, -0.2) is 4.98 Å². The molecule has 0 saturated heterocycles. The summed E-state index contributed by atoms with van der Waals surface area (Å²) in [4.78, 5) is 3.80. The van der Waals surface area contributed by atoms with Crippen LogP contribution in [0.15, 0.2) is 121 Å². The molecule has 0 amide bonds. The standard InChI is InChI=1S/C34H21NS/c1-2-11-25-21(8-1)18-19-28-27-15-6-14-26(34(27)35-33(25)28)23-10-5-9-22(20-23)24-13-7-17-31-32(24)29-12-3-4-16-30(29)36-31/h1-20,35H. The molecule has 0 radical (unpaired) electrons. The van der Waals surface area contributed by atoms with Gasteiger partial charge in [0, 0.05) is 41.9 Å². The monoisotopic (exact) mass is 475 g/mol. The van der Waals surface area contributed by atoms with Crippen molar-refractivity contribution in [3.05, 3.63) is 121 Å². The van der Waals surface area contributed by atoms with E-state index in [0.29, 0.717) is 0 Å². The van der Waals surface area contributed by atoms with Gasteiger partial charge in [0.2, 0.25) is 0 Å². The molecular weight excluding hydrogens is 454 g/mol. The first-order valence-corrected chi connectivity index (χ1v) is 13.1. The summed E-state index contributed by atoms with van der Waals surface area (Å²) in [6.07, 6.45) is 0. The van der Waals surface area contributed by atoms with Crippen LogP contribution in [0.2, 0.25) is 0 Å². The van der Waals surface area contributed by atoms with Crippen molar-refractivity contribution in [2.24, 2.45) is 0 Å². The van der Waals surface area contributed by atoms with Gasteiger partial charge in [-0.25, -0.2) is 0 Å². The van der Waals surface area contributed by atoms with E-state index in [-0.39, 0.29) is 0 Å². The van der Waals surface area contributed by atoms with Crippen LogP contribution in [0, 0.1) is 0 Å². The average Bonchev–Trinajstić information content (AvgIpc) is 3.52. The Labute approximate surface area is 212 Å². The minimum Gasteiger partial charge on any atom is -0.353 e. The first-order valence-electron chi connectivity index (χ1n) is 12.3. The van der Waals surface area contributed by atoms with Crippen molar-refractivity contribution in [3.63, 3.8) is 0 Å². The van der Waals surface area contributed by atoms with Crippen LogP contribution in [0.5, 0.6) is 0 Å². The van der Waals surface area contributed by atoms with Gasteiger partial charge in [-0.05, 0) is 40.3 Å². The van der Waals surface area contributed by atoms with Gasteiger partial charge in [-0.3, -0.25) is 0 Å². The first-order chi connectivity index (χ1) is 17.8. The third-order valence-corrected chi connectivity index (χ3v) is 8.56. The quantitative estimate of drug-likeness (QED) is 0.256. The van der Waals surface area contributed by atoms with E-state index < -0.39 is 0 Å². The predicted molar refractivity (Wildman–Crippen MR) is 157 cm³/mol. The maximum Gasteiger partial charge on any atom is 0.0544 e. The minimum atomic E-state index is 1.19. The van der Waals surface area contributed by atoms with Gasteiger partial charge in [-0.2, -0.15) is 0 Å². The smallest absolute Gasteiger partial charge is 0.0544 e. The molecule has 2 aromatic heterocycles. The Morgan fingerprint density at radius 1 is 0.444 bits per heavy atom. The molecule has 0 spiro atoms. The van der Waals surface area contributed by atoms with Crippen LogP contribution >= 0.6 is 11.3 Å². The molecule has 0 bridgehead atoms. The van der Waals surface area contributed by atoms with Crippen LogP contribution < -0.4 is 0 Å². The summed E-state index contributed by atoms with van der Waals surface area (Å²) in [6.45, 7) is 0. The Balaban J connectivity index is 1.37. The Morgan fingerprint density at radius 3 is 2.06 bits per heavy atom. The SMILES string of the molecule is c1cc(-c2cccc3c2[nH]c2c4ccccc4ccc32)cc(-c2cccc3sc4ccccc4c23)c1. The zero-order valence-corrected chi connectivity index (χ0v) is 20.3. The Morgan fingerprint density at radius 2 is 1.11 bits per heavy atom. The Kier molecular flexibility index (Phi) is 4.16. The first kappa shape index (κ1) is 19.9. The third kappa shape index (κ3) is 2.82. The van der Waals surface area contributed by atoms with Crippen LogP contribution in [0.1, 0.15) is 0 Å². The molecule has 6 aromatic carbocycles. The summed E-state index contributed by atoms with van der Waals surface area (Å²) in [5, 5.41) is 7.76. The predicted octanol–water partition coefficient (Wildman–Crippen LogP) is 10.2. The summed E-state index contributed by atoms with van der Waals surface area (Å²) >= 11 is 1.87. The van der Waals surface area contributed by atoms with Gasteiger partial charge in [0.15, 0.2) is 0 Å². The topological polar surface area (TPSA) is 15.8 Å². The molecule has 1 nitrogen and oxygen atoms in total. The fraction of sp³-hybridized carbons (Fsp3) is 0. The molecule has 0 atom stereocenters. The highest BCUT2D eigenvalue weighted by molar-refractivity contribution is 7.25. The van der Waals surface area contributed by atoms with E-state index in [4.69, 9.17) is 0 Å². The Hall–Kier alpha value is -4.40. The number of thiophene rings is 1. The van der Waals surface area contributed by atoms with E-state index in [1.54, 1.807) is 0 Å². The van der Waals surface area contributed by atoms with E-state index in [2.05, 4.69) is 126 Å². The summed E-state index contributed by atoms with van der Waals surface area (Å²) < 4.78 is 2.68. The highest BCUT2D eigenvalue weighted by atomic mass is 32.1. The van der Waals surface area contributed by atoms with Crippen molar-refractivity contribution in [2.75, 3.05) is 0 Å². The second kappa shape index (κ2) is 7.55. The Bertz CT molecular complexity index is 2110. The summed E-state index contributed by atoms with van der Waals surface area (Å²) in [7, 11) is 0. The number of aromatic amines is 1. The maximum atomic E-state index is 3.80. The molecule has 2 heteroatoms. The fourth-order valence-corrected chi connectivity index (χ4v) is 6.91. The molecule has 36 heavy (non-hydrogen) atoms. The number of fused-ring (bicyclic) bond motifs is 8. The lowest BCUT2D eigenvalue weighted by Gasteiger charge is -2.09. The van der Waals surface area contributed by atoms with Crippen LogP contribution in [0.4, 0.5) is 0 Å². The van der Waals surface area contributed by atoms with Crippen LogP contribution in [0.3, 0.4) is 0 Å². The fourth-order valence-electron chi connectivity index (χ4n) is 5.78. The van der Waals surface area contributed by atoms with E-state index in [1.807, 2.05) is 11.3 Å². The number of benzene rings is 6. The van der Waals surface area contributed by atoms with Crippen molar-refractivity contribution in [1.29, 1.82) is 0 Å². The van der Waals surface area contributed by atoms with Gasteiger partial charge in [-0.15, -0.1) is 11.3 Å². The lowest BCUT2D eigenvalue weighted by molar-refractivity contribution is 1.55. The lowest BCUT2D eigenvalue weighted by Crippen LogP contribution is -1.84. The number of aromatic nitrogens is 1.